The van der Waals surface area contributed by atoms with E-state index in [2.05, 4.69) is 13.8 Å². The Hall–Kier alpha value is 0. The number of rotatable bonds is 14. The summed E-state index contributed by atoms with van der Waals surface area (Å²) in [4.78, 5) is 0. The van der Waals surface area contributed by atoms with Crippen molar-refractivity contribution < 1.29 is 0 Å². The minimum Gasteiger partial charge on any atom is -0.0654 e. The lowest BCUT2D eigenvalue weighted by Crippen LogP contribution is -2.23. The monoisotopic (exact) mass is 320 g/mol. The summed E-state index contributed by atoms with van der Waals surface area (Å²) >= 11 is 0. The SMILES string of the molecule is CCCCCCCCCCCCCCC(C)C12CCC(CC1)C2. The molecule has 0 radical (unpaired) electrons. The van der Waals surface area contributed by atoms with Crippen molar-refractivity contribution in [3.63, 3.8) is 0 Å². The second-order valence-corrected chi connectivity index (χ2v) is 9.09. The van der Waals surface area contributed by atoms with Gasteiger partial charge >= 0.3 is 0 Å². The Labute approximate surface area is 147 Å². The smallest absolute Gasteiger partial charge is 0.0269 e. The molecule has 136 valence electrons. The van der Waals surface area contributed by atoms with E-state index in [-0.39, 0.29) is 0 Å². The van der Waals surface area contributed by atoms with Crippen molar-refractivity contribution in [1.29, 1.82) is 0 Å². The third-order valence-corrected chi connectivity index (χ3v) is 7.33. The molecule has 0 aromatic carbocycles. The molecule has 2 saturated carbocycles. The van der Waals surface area contributed by atoms with Crippen LogP contribution in [0, 0.1) is 17.3 Å². The summed E-state index contributed by atoms with van der Waals surface area (Å²) in [6.45, 7) is 4.88. The van der Waals surface area contributed by atoms with Crippen LogP contribution in [0.5, 0.6) is 0 Å². The zero-order chi connectivity index (χ0) is 16.4. The standard InChI is InChI=1S/C23H44/c1-3-4-5-6-7-8-9-10-11-12-13-14-15-21(2)23-18-16-22(20-23)17-19-23/h21-22H,3-20H2,1-2H3. The van der Waals surface area contributed by atoms with E-state index in [0.29, 0.717) is 0 Å². The molecular weight excluding hydrogens is 276 g/mol. The van der Waals surface area contributed by atoms with Gasteiger partial charge in [-0.3, -0.25) is 0 Å². The first-order valence-electron chi connectivity index (χ1n) is 11.3. The van der Waals surface area contributed by atoms with E-state index in [1.165, 1.54) is 83.5 Å². The van der Waals surface area contributed by atoms with Crippen LogP contribution < -0.4 is 0 Å². The number of fused-ring (bicyclic) bond motifs is 2. The average Bonchev–Trinajstić information content (AvgIpc) is 3.18. The Morgan fingerprint density at radius 2 is 1.22 bits per heavy atom. The van der Waals surface area contributed by atoms with Gasteiger partial charge in [0, 0.05) is 0 Å². The van der Waals surface area contributed by atoms with Gasteiger partial charge in [0.15, 0.2) is 0 Å². The Morgan fingerprint density at radius 1 is 0.739 bits per heavy atom. The Morgan fingerprint density at radius 3 is 1.65 bits per heavy atom. The van der Waals surface area contributed by atoms with Gasteiger partial charge in [-0.15, -0.1) is 0 Å². The quantitative estimate of drug-likeness (QED) is 0.282. The first kappa shape index (κ1) is 19.3. The predicted octanol–water partition coefficient (Wildman–Crippen LogP) is 8.29. The van der Waals surface area contributed by atoms with Crippen molar-refractivity contribution in [2.24, 2.45) is 17.3 Å². The van der Waals surface area contributed by atoms with E-state index in [9.17, 15) is 0 Å². The van der Waals surface area contributed by atoms with Crippen molar-refractivity contribution in [3.05, 3.63) is 0 Å². The highest BCUT2D eigenvalue weighted by Gasteiger charge is 2.47. The fourth-order valence-electron chi connectivity index (χ4n) is 5.53. The molecule has 0 aromatic heterocycles. The molecule has 1 unspecified atom stereocenters. The summed E-state index contributed by atoms with van der Waals surface area (Å²) < 4.78 is 0. The van der Waals surface area contributed by atoms with E-state index in [4.69, 9.17) is 0 Å². The van der Waals surface area contributed by atoms with Crippen LogP contribution >= 0.6 is 0 Å². The maximum absolute atomic E-state index is 2.58. The van der Waals surface area contributed by atoms with E-state index in [0.717, 1.165) is 17.3 Å². The molecule has 0 aromatic rings. The first-order valence-corrected chi connectivity index (χ1v) is 11.3. The average molecular weight is 321 g/mol. The number of unbranched alkanes of at least 4 members (excludes halogenated alkanes) is 11. The molecule has 2 rings (SSSR count). The molecule has 0 heteroatoms. The molecule has 0 amide bonds. The van der Waals surface area contributed by atoms with Gasteiger partial charge in [-0.2, -0.15) is 0 Å². The normalized spacial score (nSPS) is 27.7. The largest absolute Gasteiger partial charge is 0.0654 e. The molecular formula is C23H44. The summed E-state index contributed by atoms with van der Waals surface area (Å²) in [5.41, 5.74) is 0.808. The van der Waals surface area contributed by atoms with Crippen molar-refractivity contribution >= 4 is 0 Å². The minimum absolute atomic E-state index is 0.808. The molecule has 0 aliphatic heterocycles. The highest BCUT2D eigenvalue weighted by atomic mass is 14.5. The van der Waals surface area contributed by atoms with Crippen LogP contribution in [0.2, 0.25) is 0 Å². The Kier molecular flexibility index (Phi) is 9.06. The van der Waals surface area contributed by atoms with Crippen LogP contribution in [0.25, 0.3) is 0 Å². The molecule has 0 N–H and O–H groups in total. The van der Waals surface area contributed by atoms with Gasteiger partial charge in [-0.25, -0.2) is 0 Å². The number of hydrogen-bond donors (Lipinski definition) is 0. The minimum atomic E-state index is 0.808. The van der Waals surface area contributed by atoms with Gasteiger partial charge in [-0.05, 0) is 49.4 Å². The molecule has 0 heterocycles. The molecule has 0 saturated heterocycles. The van der Waals surface area contributed by atoms with Gasteiger partial charge < -0.3 is 0 Å². The third kappa shape index (κ3) is 6.43. The van der Waals surface area contributed by atoms with Gasteiger partial charge in [0.2, 0.25) is 0 Å². The second-order valence-electron chi connectivity index (χ2n) is 9.09. The zero-order valence-corrected chi connectivity index (χ0v) is 16.4. The molecule has 2 aliphatic carbocycles. The molecule has 2 bridgehead atoms. The van der Waals surface area contributed by atoms with Crippen molar-refractivity contribution in [2.75, 3.05) is 0 Å². The van der Waals surface area contributed by atoms with Gasteiger partial charge in [0.1, 0.15) is 0 Å². The fraction of sp³-hybridized carbons (Fsp3) is 1.00. The molecule has 2 aliphatic rings. The first-order chi connectivity index (χ1) is 11.3. The summed E-state index contributed by atoms with van der Waals surface area (Å²) in [6.07, 6.45) is 27.1. The fourth-order valence-corrected chi connectivity index (χ4v) is 5.53. The number of hydrogen-bond acceptors (Lipinski definition) is 0. The lowest BCUT2D eigenvalue weighted by atomic mass is 9.72. The summed E-state index contributed by atoms with van der Waals surface area (Å²) in [6, 6.07) is 0. The Bertz CT molecular complexity index is 284. The van der Waals surface area contributed by atoms with E-state index in [1.54, 1.807) is 32.1 Å². The Balaban J connectivity index is 1.36. The van der Waals surface area contributed by atoms with Crippen molar-refractivity contribution in [2.45, 2.75) is 129 Å². The van der Waals surface area contributed by atoms with Crippen molar-refractivity contribution in [1.82, 2.24) is 0 Å². The molecule has 0 nitrogen and oxygen atoms in total. The van der Waals surface area contributed by atoms with Crippen LogP contribution in [0.4, 0.5) is 0 Å². The lowest BCUT2D eigenvalue weighted by Gasteiger charge is -2.33. The summed E-state index contributed by atoms with van der Waals surface area (Å²) in [7, 11) is 0. The van der Waals surface area contributed by atoms with Crippen LogP contribution in [0.3, 0.4) is 0 Å². The van der Waals surface area contributed by atoms with Crippen LogP contribution in [-0.4, -0.2) is 0 Å². The molecule has 1 atom stereocenters. The van der Waals surface area contributed by atoms with Gasteiger partial charge in [0.25, 0.3) is 0 Å². The van der Waals surface area contributed by atoms with Crippen LogP contribution in [-0.2, 0) is 0 Å². The van der Waals surface area contributed by atoms with Gasteiger partial charge in [0.05, 0.1) is 0 Å². The summed E-state index contributed by atoms with van der Waals surface area (Å²) in [5.74, 6) is 2.14. The van der Waals surface area contributed by atoms with E-state index < -0.39 is 0 Å². The van der Waals surface area contributed by atoms with Gasteiger partial charge in [-0.1, -0.05) is 97.3 Å². The zero-order valence-electron chi connectivity index (χ0n) is 16.4. The maximum Gasteiger partial charge on any atom is -0.0269 e. The molecule has 0 spiro atoms. The molecule has 2 fully saturated rings. The topological polar surface area (TPSA) is 0 Å². The highest BCUT2D eigenvalue weighted by Crippen LogP contribution is 2.58. The maximum atomic E-state index is 2.58. The summed E-state index contributed by atoms with van der Waals surface area (Å²) in [5, 5.41) is 0. The van der Waals surface area contributed by atoms with Crippen LogP contribution in [0.1, 0.15) is 129 Å². The lowest BCUT2D eigenvalue weighted by molar-refractivity contribution is 0.170. The molecule has 23 heavy (non-hydrogen) atoms. The highest BCUT2D eigenvalue weighted by molar-refractivity contribution is 4.98. The van der Waals surface area contributed by atoms with E-state index in [1.807, 2.05) is 0 Å². The third-order valence-electron chi connectivity index (χ3n) is 7.33. The predicted molar refractivity (Wildman–Crippen MR) is 104 cm³/mol. The van der Waals surface area contributed by atoms with Crippen molar-refractivity contribution in [3.8, 4) is 0 Å². The van der Waals surface area contributed by atoms with Crippen LogP contribution in [0.15, 0.2) is 0 Å². The van der Waals surface area contributed by atoms with E-state index >= 15 is 0 Å². The second kappa shape index (κ2) is 10.8.